The predicted octanol–water partition coefficient (Wildman–Crippen LogP) is 6.31. The largest absolute Gasteiger partial charge is 0.507 e. The van der Waals surface area contributed by atoms with Gasteiger partial charge < -0.3 is 9.84 Å². The molecule has 3 aromatic carbocycles. The van der Waals surface area contributed by atoms with Gasteiger partial charge in [-0.05, 0) is 60.7 Å². The van der Waals surface area contributed by atoms with Crippen LogP contribution in [0.15, 0.2) is 48.5 Å². The molecule has 0 aromatic heterocycles. The smallest absolute Gasteiger partial charge is 0.131 e. The third-order valence-corrected chi connectivity index (χ3v) is 5.06. The van der Waals surface area contributed by atoms with Gasteiger partial charge in [-0.1, -0.05) is 48.0 Å². The molecule has 0 aliphatic carbocycles. The Hall–Kier alpha value is -2.45. The molecule has 0 saturated heterocycles. The first-order valence-electron chi connectivity index (χ1n) is 8.16. The van der Waals surface area contributed by atoms with Crippen LogP contribution >= 0.6 is 11.6 Å². The van der Waals surface area contributed by atoms with Crippen molar-refractivity contribution in [2.45, 2.75) is 20.8 Å². The minimum Gasteiger partial charge on any atom is -0.507 e. The van der Waals surface area contributed by atoms with E-state index in [4.69, 9.17) is 16.3 Å². The van der Waals surface area contributed by atoms with E-state index in [-0.39, 0.29) is 5.75 Å². The van der Waals surface area contributed by atoms with E-state index in [1.165, 1.54) is 0 Å². The molecule has 128 valence electrons. The van der Waals surface area contributed by atoms with Crippen molar-refractivity contribution >= 4 is 11.6 Å². The topological polar surface area (TPSA) is 29.5 Å². The van der Waals surface area contributed by atoms with Gasteiger partial charge in [-0.3, -0.25) is 0 Å². The monoisotopic (exact) mass is 352 g/mol. The number of rotatable bonds is 3. The summed E-state index contributed by atoms with van der Waals surface area (Å²) in [6.07, 6.45) is 0. The van der Waals surface area contributed by atoms with E-state index < -0.39 is 0 Å². The first kappa shape index (κ1) is 17.4. The van der Waals surface area contributed by atoms with Crippen molar-refractivity contribution in [2.75, 3.05) is 7.11 Å². The molecule has 0 heterocycles. The number of halogens is 1. The van der Waals surface area contributed by atoms with Gasteiger partial charge in [-0.15, -0.1) is 0 Å². The number of phenols is 1. The number of benzene rings is 3. The second-order valence-electron chi connectivity index (χ2n) is 6.29. The highest BCUT2D eigenvalue weighted by Gasteiger charge is 2.13. The Bertz CT molecular complexity index is 922. The molecule has 0 unspecified atom stereocenters. The molecule has 0 aliphatic rings. The highest BCUT2D eigenvalue weighted by Crippen LogP contribution is 2.40. The first-order valence-corrected chi connectivity index (χ1v) is 8.54. The Balaban J connectivity index is 2.16. The molecule has 1 N–H and O–H groups in total. The summed E-state index contributed by atoms with van der Waals surface area (Å²) in [5, 5.41) is 11.6. The number of aromatic hydroxyl groups is 1. The number of aryl methyl sites for hydroxylation is 2. The Kier molecular flexibility index (Phi) is 4.73. The van der Waals surface area contributed by atoms with Crippen LogP contribution in [0.1, 0.15) is 16.7 Å². The summed E-state index contributed by atoms with van der Waals surface area (Å²) in [6, 6.07) is 15.6. The minimum absolute atomic E-state index is 0.243. The Morgan fingerprint density at radius 2 is 1.52 bits per heavy atom. The first-order chi connectivity index (χ1) is 11.9. The van der Waals surface area contributed by atoms with Gasteiger partial charge in [0.1, 0.15) is 11.5 Å². The zero-order valence-electron chi connectivity index (χ0n) is 14.9. The van der Waals surface area contributed by atoms with Crippen molar-refractivity contribution in [3.63, 3.8) is 0 Å². The van der Waals surface area contributed by atoms with Crippen molar-refractivity contribution in [3.05, 3.63) is 70.2 Å². The Labute approximate surface area is 153 Å². The van der Waals surface area contributed by atoms with Gasteiger partial charge >= 0.3 is 0 Å². The normalized spacial score (nSPS) is 10.8. The number of para-hydroxylation sites is 1. The van der Waals surface area contributed by atoms with Gasteiger partial charge in [0.15, 0.2) is 0 Å². The zero-order chi connectivity index (χ0) is 18.1. The lowest BCUT2D eigenvalue weighted by Crippen LogP contribution is -1.90. The molecule has 0 saturated carbocycles. The van der Waals surface area contributed by atoms with Gasteiger partial charge in [0.25, 0.3) is 0 Å². The van der Waals surface area contributed by atoms with Gasteiger partial charge in [-0.25, -0.2) is 0 Å². The van der Waals surface area contributed by atoms with Crippen molar-refractivity contribution in [1.29, 1.82) is 0 Å². The fraction of sp³-hybridized carbons (Fsp3) is 0.182. The van der Waals surface area contributed by atoms with Crippen molar-refractivity contribution < 1.29 is 9.84 Å². The summed E-state index contributed by atoms with van der Waals surface area (Å²) in [7, 11) is 1.65. The summed E-state index contributed by atoms with van der Waals surface area (Å²) in [4.78, 5) is 0. The number of ether oxygens (including phenoxy) is 1. The summed E-state index contributed by atoms with van der Waals surface area (Å²) in [5.74, 6) is 1.05. The van der Waals surface area contributed by atoms with E-state index in [9.17, 15) is 5.11 Å². The lowest BCUT2D eigenvalue weighted by Gasteiger charge is -2.14. The van der Waals surface area contributed by atoms with Gasteiger partial charge in [0.2, 0.25) is 0 Å². The molecule has 2 nitrogen and oxygen atoms in total. The Morgan fingerprint density at radius 1 is 0.840 bits per heavy atom. The van der Waals surface area contributed by atoms with Crippen LogP contribution in [0.5, 0.6) is 11.5 Å². The molecule has 0 atom stereocenters. The lowest BCUT2D eigenvalue weighted by atomic mass is 9.95. The van der Waals surface area contributed by atoms with Crippen LogP contribution < -0.4 is 4.74 Å². The van der Waals surface area contributed by atoms with E-state index >= 15 is 0 Å². The minimum atomic E-state index is 0.243. The van der Waals surface area contributed by atoms with Crippen LogP contribution in [0.25, 0.3) is 22.3 Å². The molecule has 3 rings (SSSR count). The SMILES string of the molecule is COc1cc(-c2cccc(-c3cc(C)c(C)c(Cl)c3)c2O)ccc1C. The van der Waals surface area contributed by atoms with Gasteiger partial charge in [-0.2, -0.15) is 0 Å². The molecule has 0 amide bonds. The molecular weight excluding hydrogens is 332 g/mol. The van der Waals surface area contributed by atoms with Crippen molar-refractivity contribution in [2.24, 2.45) is 0 Å². The molecule has 0 radical (unpaired) electrons. The highest BCUT2D eigenvalue weighted by molar-refractivity contribution is 6.31. The van der Waals surface area contributed by atoms with Crippen molar-refractivity contribution in [3.8, 4) is 33.8 Å². The average Bonchev–Trinajstić information content (AvgIpc) is 2.60. The Morgan fingerprint density at radius 3 is 2.16 bits per heavy atom. The molecular formula is C22H21ClO2. The summed E-state index contributed by atoms with van der Waals surface area (Å²) in [6.45, 7) is 6.02. The van der Waals surface area contributed by atoms with E-state index in [1.54, 1.807) is 7.11 Å². The van der Waals surface area contributed by atoms with Crippen LogP contribution in [-0.4, -0.2) is 12.2 Å². The molecule has 25 heavy (non-hydrogen) atoms. The number of phenolic OH excluding ortho intramolecular Hbond substituents is 1. The molecule has 0 aliphatic heterocycles. The predicted molar refractivity (Wildman–Crippen MR) is 105 cm³/mol. The fourth-order valence-corrected chi connectivity index (χ4v) is 3.24. The maximum absolute atomic E-state index is 10.9. The van der Waals surface area contributed by atoms with Gasteiger partial charge in [0.05, 0.1) is 7.11 Å². The van der Waals surface area contributed by atoms with Gasteiger partial charge in [0, 0.05) is 16.1 Å². The molecule has 3 aromatic rings. The number of hydrogen-bond donors (Lipinski definition) is 1. The van der Waals surface area contributed by atoms with Crippen LogP contribution in [0.4, 0.5) is 0 Å². The van der Waals surface area contributed by atoms with Crippen LogP contribution in [0.2, 0.25) is 5.02 Å². The van der Waals surface area contributed by atoms with Crippen LogP contribution in [0.3, 0.4) is 0 Å². The van der Waals surface area contributed by atoms with Crippen LogP contribution in [-0.2, 0) is 0 Å². The summed E-state index contributed by atoms with van der Waals surface area (Å²) >= 11 is 6.34. The third-order valence-electron chi connectivity index (χ3n) is 4.67. The molecule has 0 fully saturated rings. The second kappa shape index (κ2) is 6.81. The molecule has 0 bridgehead atoms. The maximum Gasteiger partial charge on any atom is 0.131 e. The fourth-order valence-electron chi connectivity index (χ4n) is 2.97. The lowest BCUT2D eigenvalue weighted by molar-refractivity contribution is 0.412. The molecule has 3 heteroatoms. The van der Waals surface area contributed by atoms with E-state index in [2.05, 4.69) is 6.07 Å². The molecule has 0 spiro atoms. The number of methoxy groups -OCH3 is 1. The van der Waals surface area contributed by atoms with E-state index in [0.717, 1.165) is 44.7 Å². The zero-order valence-corrected chi connectivity index (χ0v) is 15.6. The highest BCUT2D eigenvalue weighted by atomic mass is 35.5. The van der Waals surface area contributed by atoms with E-state index in [0.29, 0.717) is 5.02 Å². The summed E-state index contributed by atoms with van der Waals surface area (Å²) in [5.41, 5.74) is 6.58. The average molecular weight is 353 g/mol. The number of hydrogen-bond acceptors (Lipinski definition) is 2. The summed E-state index contributed by atoms with van der Waals surface area (Å²) < 4.78 is 5.41. The maximum atomic E-state index is 10.9. The van der Waals surface area contributed by atoms with Crippen molar-refractivity contribution in [1.82, 2.24) is 0 Å². The van der Waals surface area contributed by atoms with E-state index in [1.807, 2.05) is 63.2 Å². The third kappa shape index (κ3) is 3.22. The quantitative estimate of drug-likeness (QED) is 0.598. The second-order valence-corrected chi connectivity index (χ2v) is 6.69. The standard InChI is InChI=1S/C22H21ClO2/c1-13-8-9-16(12-21(13)25-4)18-6-5-7-19(22(18)24)17-10-14(2)15(3)20(23)11-17/h5-12,24H,1-4H3. The van der Waals surface area contributed by atoms with Crippen LogP contribution in [0, 0.1) is 20.8 Å².